The van der Waals surface area contributed by atoms with E-state index in [9.17, 15) is 18.7 Å². The lowest BCUT2D eigenvalue weighted by molar-refractivity contribution is -0.167. The zero-order valence-electron chi connectivity index (χ0n) is 19.3. The smallest absolute Gasteiger partial charge is 0.337 e. The zero-order chi connectivity index (χ0) is 24.7. The van der Waals surface area contributed by atoms with Crippen molar-refractivity contribution in [3.8, 4) is 16.9 Å². The van der Waals surface area contributed by atoms with Crippen molar-refractivity contribution in [1.82, 2.24) is 4.98 Å². The molecule has 0 radical (unpaired) electrons. The molecule has 1 atom stereocenters. The molecule has 1 N–H and O–H groups in total. The molecule has 1 aliphatic rings. The van der Waals surface area contributed by atoms with E-state index < -0.39 is 31.0 Å². The van der Waals surface area contributed by atoms with E-state index in [0.29, 0.717) is 46.5 Å². The van der Waals surface area contributed by atoms with Gasteiger partial charge in [-0.05, 0) is 47.9 Å². The van der Waals surface area contributed by atoms with Crippen LogP contribution in [-0.4, -0.2) is 41.6 Å². The van der Waals surface area contributed by atoms with Crippen LogP contribution in [0.4, 0.5) is 8.78 Å². The van der Waals surface area contributed by atoms with E-state index in [1.54, 1.807) is 13.1 Å². The van der Waals surface area contributed by atoms with Gasteiger partial charge in [-0.25, -0.2) is 13.6 Å². The van der Waals surface area contributed by atoms with Gasteiger partial charge >= 0.3 is 5.97 Å². The van der Waals surface area contributed by atoms with E-state index in [0.717, 1.165) is 21.7 Å². The van der Waals surface area contributed by atoms with Gasteiger partial charge in [0.1, 0.15) is 19.0 Å². The second kappa shape index (κ2) is 8.79. The number of halogens is 2. The summed E-state index contributed by atoms with van der Waals surface area (Å²) >= 11 is 0. The van der Waals surface area contributed by atoms with E-state index in [4.69, 9.17) is 9.47 Å². The summed E-state index contributed by atoms with van der Waals surface area (Å²) in [4.78, 5) is 17.1. The molecule has 5 nitrogen and oxygen atoms in total. The van der Waals surface area contributed by atoms with Crippen LogP contribution in [0.15, 0.2) is 42.6 Å². The Bertz CT molecular complexity index is 1440. The summed E-state index contributed by atoms with van der Waals surface area (Å²) in [6.45, 7) is 1.16. The van der Waals surface area contributed by atoms with Crippen LogP contribution in [0.1, 0.15) is 29.7 Å². The van der Waals surface area contributed by atoms with E-state index in [-0.39, 0.29) is 0 Å². The average molecular weight is 475 g/mol. The van der Waals surface area contributed by atoms with Gasteiger partial charge in [0, 0.05) is 23.7 Å². The number of carboxylic acid groups (broad SMARTS) is 1. The molecule has 2 heterocycles. The van der Waals surface area contributed by atoms with E-state index >= 15 is 0 Å². The normalized spacial score (nSPS) is 13.9. The number of fused-ring (bicyclic) bond motifs is 1. The van der Waals surface area contributed by atoms with Crippen molar-refractivity contribution in [2.45, 2.75) is 32.0 Å². The molecule has 0 amide bonds. The predicted molar refractivity (Wildman–Crippen MR) is 128 cm³/mol. The van der Waals surface area contributed by atoms with Crippen molar-refractivity contribution in [3.63, 3.8) is 0 Å². The summed E-state index contributed by atoms with van der Waals surface area (Å²) in [5.41, 5.74) is 1.71. The van der Waals surface area contributed by atoms with Crippen LogP contribution in [0.3, 0.4) is 0 Å². The maximum atomic E-state index is 13.7. The molecule has 3 aromatic carbocycles. The van der Waals surface area contributed by atoms with Gasteiger partial charge in [-0.2, -0.15) is 0 Å². The predicted octanol–water partition coefficient (Wildman–Crippen LogP) is 5.74. The fraction of sp³-hybridized carbons (Fsp3) is 0.286. The standard InChI is InChI=1S/C28H23F2NO4/c1-16-13-18-5-3-4-6-19(18)24(22(16)26(27(32)33)35-28(2,14-29)15-30)20-7-8-21-23-17(10-12-34-21)9-11-31-25(20)23/h3-6,9,11,13,26H,10,12,14-15H2,1-2H3,(H,32,33). The fourth-order valence-electron chi connectivity index (χ4n) is 4.67. The quantitative estimate of drug-likeness (QED) is 0.369. The average Bonchev–Trinajstić information content (AvgIpc) is 2.87. The topological polar surface area (TPSA) is 68.7 Å². The first-order valence-electron chi connectivity index (χ1n) is 11.3. The van der Waals surface area contributed by atoms with Crippen LogP contribution in [0.2, 0.25) is 0 Å². The summed E-state index contributed by atoms with van der Waals surface area (Å²) < 4.78 is 38.8. The lowest BCUT2D eigenvalue weighted by Gasteiger charge is -2.30. The number of aliphatic carboxylic acids is 1. The van der Waals surface area contributed by atoms with Crippen LogP contribution >= 0.6 is 0 Å². The summed E-state index contributed by atoms with van der Waals surface area (Å²) in [5.74, 6) is -0.800. The summed E-state index contributed by atoms with van der Waals surface area (Å²) in [7, 11) is 0. The molecule has 1 aliphatic heterocycles. The Balaban J connectivity index is 1.87. The Morgan fingerprint density at radius 1 is 1.26 bits per heavy atom. The number of hydrogen-bond acceptors (Lipinski definition) is 4. The minimum absolute atomic E-state index is 0.299. The Hall–Kier alpha value is -3.76. The van der Waals surface area contributed by atoms with Gasteiger partial charge in [0.15, 0.2) is 11.9 Å². The van der Waals surface area contributed by atoms with Crippen molar-refractivity contribution in [3.05, 3.63) is 71.4 Å². The van der Waals surface area contributed by atoms with Gasteiger partial charge < -0.3 is 14.6 Å². The lowest BCUT2D eigenvalue weighted by Crippen LogP contribution is -2.38. The third kappa shape index (κ3) is 3.84. The third-order valence-corrected chi connectivity index (χ3v) is 6.42. The molecule has 0 aliphatic carbocycles. The van der Waals surface area contributed by atoms with Gasteiger partial charge in [0.25, 0.3) is 0 Å². The third-order valence-electron chi connectivity index (χ3n) is 6.42. The van der Waals surface area contributed by atoms with Crippen molar-refractivity contribution >= 4 is 27.6 Å². The molecule has 0 bridgehead atoms. The monoisotopic (exact) mass is 475 g/mol. The van der Waals surface area contributed by atoms with Gasteiger partial charge in [-0.3, -0.25) is 4.98 Å². The Morgan fingerprint density at radius 2 is 2.03 bits per heavy atom. The Labute approximate surface area is 201 Å². The Morgan fingerprint density at radius 3 is 2.77 bits per heavy atom. The van der Waals surface area contributed by atoms with Crippen LogP contribution < -0.4 is 4.74 Å². The number of ether oxygens (including phenoxy) is 2. The first kappa shape index (κ1) is 23.0. The number of carboxylic acids is 1. The van der Waals surface area contributed by atoms with Crippen molar-refractivity contribution in [2.24, 2.45) is 0 Å². The highest BCUT2D eigenvalue weighted by Crippen LogP contribution is 2.43. The molecule has 5 rings (SSSR count). The highest BCUT2D eigenvalue weighted by molar-refractivity contribution is 6.08. The molecule has 35 heavy (non-hydrogen) atoms. The molecule has 7 heteroatoms. The fourth-order valence-corrected chi connectivity index (χ4v) is 4.67. The molecule has 0 fully saturated rings. The largest absolute Gasteiger partial charge is 0.484 e. The second-order valence-electron chi connectivity index (χ2n) is 9.00. The lowest BCUT2D eigenvalue weighted by atomic mass is 9.86. The SMILES string of the molecule is Cc1cc2ccccc2c(-c2c#cc3c4c(ccnc24)CCO3)c1C(OC(C)(CF)CF)C(=O)O. The summed E-state index contributed by atoms with van der Waals surface area (Å²) in [6.07, 6.45) is 0.786. The molecular formula is C28H23F2NO4. The molecule has 1 unspecified atom stereocenters. The number of aromatic nitrogens is 1. The molecule has 0 saturated heterocycles. The van der Waals surface area contributed by atoms with Gasteiger partial charge in [0.2, 0.25) is 0 Å². The molecule has 4 aromatic rings. The van der Waals surface area contributed by atoms with E-state index in [1.165, 1.54) is 6.92 Å². The van der Waals surface area contributed by atoms with Gasteiger partial charge in [-0.1, -0.05) is 36.4 Å². The van der Waals surface area contributed by atoms with Gasteiger partial charge in [-0.15, -0.1) is 0 Å². The molecular weight excluding hydrogens is 452 g/mol. The second-order valence-corrected chi connectivity index (χ2v) is 9.00. The number of benzene rings is 2. The van der Waals surface area contributed by atoms with E-state index in [1.807, 2.05) is 36.4 Å². The molecule has 178 valence electrons. The first-order chi connectivity index (χ1) is 16.9. The van der Waals surface area contributed by atoms with Gasteiger partial charge in [0.05, 0.1) is 23.1 Å². The van der Waals surface area contributed by atoms with Crippen LogP contribution in [0.25, 0.3) is 32.8 Å². The Kier molecular flexibility index (Phi) is 5.78. The number of alkyl halides is 2. The van der Waals surface area contributed by atoms with Crippen LogP contribution in [0, 0.1) is 19.1 Å². The number of rotatable bonds is 7. The maximum Gasteiger partial charge on any atom is 0.337 e. The van der Waals surface area contributed by atoms with Crippen LogP contribution in [0.5, 0.6) is 5.75 Å². The van der Waals surface area contributed by atoms with Crippen molar-refractivity contribution < 1.29 is 28.2 Å². The van der Waals surface area contributed by atoms with E-state index in [2.05, 4.69) is 17.1 Å². The number of carbonyl (C=O) groups is 1. The number of pyridine rings is 1. The highest BCUT2D eigenvalue weighted by Gasteiger charge is 2.37. The molecule has 0 spiro atoms. The summed E-state index contributed by atoms with van der Waals surface area (Å²) in [6, 6.07) is 17.5. The molecule has 1 aromatic heterocycles. The minimum Gasteiger partial charge on any atom is -0.484 e. The van der Waals surface area contributed by atoms with Crippen molar-refractivity contribution in [1.29, 1.82) is 0 Å². The number of nitrogens with zero attached hydrogens (tertiary/aromatic N) is 1. The molecule has 0 saturated carbocycles. The number of aryl methyl sites for hydroxylation is 1. The first-order valence-corrected chi connectivity index (χ1v) is 11.3. The number of hydrogen-bond donors (Lipinski definition) is 1. The van der Waals surface area contributed by atoms with Crippen LogP contribution in [-0.2, 0) is 16.0 Å². The minimum atomic E-state index is -1.90. The summed E-state index contributed by atoms with van der Waals surface area (Å²) in [5, 5.41) is 12.6. The highest BCUT2D eigenvalue weighted by atomic mass is 19.1. The maximum absolute atomic E-state index is 13.7. The van der Waals surface area contributed by atoms with Crippen molar-refractivity contribution in [2.75, 3.05) is 20.0 Å². The zero-order valence-corrected chi connectivity index (χ0v) is 19.3.